The SMILES string of the molecule is C=C1CCC(CCCO)O[C@@H]1CC1OC2CC3OC(C)(C)OCC3OC2CC1OC(=O)CC1CCC2OC(C3OCCC3O)CC(OCCC)C2O1. The highest BCUT2D eigenvalue weighted by Crippen LogP contribution is 2.41. The van der Waals surface area contributed by atoms with Crippen LogP contribution in [0.4, 0.5) is 0 Å². The molecular formula is C39H62O13. The van der Waals surface area contributed by atoms with Crippen LogP contribution in [0.25, 0.3) is 0 Å². The molecule has 7 aliphatic rings. The first kappa shape index (κ1) is 39.0. The molecule has 7 aliphatic heterocycles. The van der Waals surface area contributed by atoms with E-state index in [4.69, 9.17) is 47.4 Å². The molecule has 7 saturated heterocycles. The molecule has 0 aromatic carbocycles. The van der Waals surface area contributed by atoms with Crippen molar-refractivity contribution in [2.24, 2.45) is 0 Å². The summed E-state index contributed by atoms with van der Waals surface area (Å²) in [5.41, 5.74) is 1.02. The highest BCUT2D eigenvalue weighted by atomic mass is 16.7. The first-order valence-electron chi connectivity index (χ1n) is 20.1. The summed E-state index contributed by atoms with van der Waals surface area (Å²) in [6.07, 6.45) is 4.11. The smallest absolute Gasteiger partial charge is 0.308 e. The third-order valence-corrected chi connectivity index (χ3v) is 12.0. The van der Waals surface area contributed by atoms with Crippen molar-refractivity contribution in [2.45, 2.75) is 202 Å². The standard InChI is InChI=1S/C39H62O13/c1-5-14-43-33-20-34(37-25(41)12-15-44-37)48-26-11-10-24(47-38(26)33)16-36(42)51-31-18-29-30(19-32-35(50-29)21-45-39(3,4)52-32)49-28(31)17-27-22(2)8-9-23(46-27)7-6-13-40/h23-35,37-38,40-41H,2,5-21H2,1,3-4H3/t23?,24?,25?,26?,27-,28?,29?,30?,31?,32?,33?,34?,35?,37?,38?/m1/s1. The van der Waals surface area contributed by atoms with E-state index < -0.39 is 24.1 Å². The van der Waals surface area contributed by atoms with Gasteiger partial charge in [-0.05, 0) is 70.8 Å². The number of fused-ring (bicyclic) bond motifs is 3. The maximum absolute atomic E-state index is 13.8. The largest absolute Gasteiger partial charge is 0.459 e. The van der Waals surface area contributed by atoms with E-state index in [-0.39, 0.29) is 92.2 Å². The van der Waals surface area contributed by atoms with E-state index in [0.717, 1.165) is 31.3 Å². The van der Waals surface area contributed by atoms with Gasteiger partial charge < -0.3 is 57.6 Å². The predicted molar refractivity (Wildman–Crippen MR) is 185 cm³/mol. The molecule has 7 rings (SSSR count). The van der Waals surface area contributed by atoms with Crippen molar-refractivity contribution >= 4 is 5.97 Å². The van der Waals surface area contributed by atoms with Gasteiger partial charge in [0.1, 0.15) is 24.4 Å². The second-order valence-corrected chi connectivity index (χ2v) is 16.4. The van der Waals surface area contributed by atoms with Crippen molar-refractivity contribution in [3.8, 4) is 0 Å². The molecule has 7 fully saturated rings. The fourth-order valence-electron chi connectivity index (χ4n) is 9.29. The minimum absolute atomic E-state index is 0.0452. The zero-order valence-corrected chi connectivity index (χ0v) is 31.3. The highest BCUT2D eigenvalue weighted by Gasteiger charge is 2.52. The lowest BCUT2D eigenvalue weighted by atomic mass is 9.86. The molecule has 14 unspecified atom stereocenters. The summed E-state index contributed by atoms with van der Waals surface area (Å²) in [5, 5.41) is 19.9. The molecule has 0 aromatic rings. The van der Waals surface area contributed by atoms with Gasteiger partial charge in [0, 0.05) is 45.5 Å². The lowest BCUT2D eigenvalue weighted by Crippen LogP contribution is -2.61. The Morgan fingerprint density at radius 2 is 1.69 bits per heavy atom. The monoisotopic (exact) mass is 738 g/mol. The number of rotatable bonds is 12. The first-order chi connectivity index (χ1) is 25.1. The van der Waals surface area contributed by atoms with Crippen LogP contribution in [0.3, 0.4) is 0 Å². The highest BCUT2D eigenvalue weighted by molar-refractivity contribution is 5.70. The Kier molecular flexibility index (Phi) is 13.0. The number of hydrogen-bond acceptors (Lipinski definition) is 13. The third kappa shape index (κ3) is 9.24. The zero-order chi connectivity index (χ0) is 36.4. The minimum Gasteiger partial charge on any atom is -0.459 e. The first-order valence-corrected chi connectivity index (χ1v) is 20.1. The van der Waals surface area contributed by atoms with Crippen molar-refractivity contribution in [1.82, 2.24) is 0 Å². The van der Waals surface area contributed by atoms with Crippen molar-refractivity contribution in [3.63, 3.8) is 0 Å². The molecule has 13 heteroatoms. The van der Waals surface area contributed by atoms with Gasteiger partial charge in [-0.25, -0.2) is 0 Å². The summed E-state index contributed by atoms with van der Waals surface area (Å²) in [6.45, 7) is 11.9. The maximum atomic E-state index is 13.8. The van der Waals surface area contributed by atoms with E-state index in [1.54, 1.807) is 0 Å². The quantitative estimate of drug-likeness (QED) is 0.222. The third-order valence-electron chi connectivity index (χ3n) is 12.0. The molecule has 0 aromatic heterocycles. The molecule has 0 spiro atoms. The molecule has 296 valence electrons. The molecule has 2 N–H and O–H groups in total. The predicted octanol–water partition coefficient (Wildman–Crippen LogP) is 3.67. The van der Waals surface area contributed by atoms with Gasteiger partial charge >= 0.3 is 5.97 Å². The van der Waals surface area contributed by atoms with Gasteiger partial charge in [0.25, 0.3) is 0 Å². The molecule has 0 aliphatic carbocycles. The van der Waals surface area contributed by atoms with Crippen LogP contribution in [0.1, 0.15) is 104 Å². The summed E-state index contributed by atoms with van der Waals surface area (Å²) in [5.74, 6) is -1.03. The van der Waals surface area contributed by atoms with E-state index in [2.05, 4.69) is 13.5 Å². The average Bonchev–Trinajstić information content (AvgIpc) is 3.55. The molecule has 0 radical (unpaired) electrons. The average molecular weight is 739 g/mol. The Labute approximate surface area is 308 Å². The Balaban J connectivity index is 1.000. The number of aliphatic hydroxyl groups is 2. The maximum Gasteiger partial charge on any atom is 0.308 e. The fraction of sp³-hybridized carbons (Fsp3) is 0.923. The van der Waals surface area contributed by atoms with E-state index in [9.17, 15) is 15.0 Å². The van der Waals surface area contributed by atoms with E-state index >= 15 is 0 Å². The van der Waals surface area contributed by atoms with Gasteiger partial charge in [0.2, 0.25) is 0 Å². The van der Waals surface area contributed by atoms with Crippen LogP contribution in [0.15, 0.2) is 12.2 Å². The van der Waals surface area contributed by atoms with E-state index in [1.165, 1.54) is 0 Å². The summed E-state index contributed by atoms with van der Waals surface area (Å²) < 4.78 is 63.4. The normalized spacial score (nSPS) is 44.7. The summed E-state index contributed by atoms with van der Waals surface area (Å²) in [7, 11) is 0. The molecule has 0 bridgehead atoms. The van der Waals surface area contributed by atoms with Gasteiger partial charge in [0.15, 0.2) is 5.79 Å². The minimum atomic E-state index is -0.692. The second kappa shape index (κ2) is 17.3. The number of ether oxygens (including phenoxy) is 10. The van der Waals surface area contributed by atoms with Gasteiger partial charge in [-0.1, -0.05) is 13.5 Å². The summed E-state index contributed by atoms with van der Waals surface area (Å²) >= 11 is 0. The van der Waals surface area contributed by atoms with Crippen LogP contribution in [0.5, 0.6) is 0 Å². The van der Waals surface area contributed by atoms with Crippen LogP contribution < -0.4 is 0 Å². The molecule has 0 saturated carbocycles. The van der Waals surface area contributed by atoms with E-state index in [1.807, 2.05) is 13.8 Å². The van der Waals surface area contributed by atoms with Crippen LogP contribution >= 0.6 is 0 Å². The molecule has 52 heavy (non-hydrogen) atoms. The second-order valence-electron chi connectivity index (χ2n) is 16.4. The number of aliphatic hydroxyl groups excluding tert-OH is 2. The molecule has 0 amide bonds. The van der Waals surface area contributed by atoms with Gasteiger partial charge in [-0.2, -0.15) is 0 Å². The molecule has 15 atom stereocenters. The Morgan fingerprint density at radius 3 is 2.48 bits per heavy atom. The van der Waals surface area contributed by atoms with Gasteiger partial charge in [-0.3, -0.25) is 4.79 Å². The summed E-state index contributed by atoms with van der Waals surface area (Å²) in [6, 6.07) is 0. The Morgan fingerprint density at radius 1 is 0.885 bits per heavy atom. The molecule has 13 nitrogen and oxygen atoms in total. The lowest BCUT2D eigenvalue weighted by Gasteiger charge is -2.51. The molecular weight excluding hydrogens is 676 g/mol. The topological polar surface area (TPSA) is 150 Å². The van der Waals surface area contributed by atoms with Crippen LogP contribution in [0, 0.1) is 0 Å². The van der Waals surface area contributed by atoms with Crippen LogP contribution in [-0.4, -0.2) is 140 Å². The molecule has 7 heterocycles. The zero-order valence-electron chi connectivity index (χ0n) is 31.3. The number of esters is 1. The number of carbonyl (C=O) groups is 1. The van der Waals surface area contributed by atoms with Gasteiger partial charge in [-0.15, -0.1) is 0 Å². The summed E-state index contributed by atoms with van der Waals surface area (Å²) in [4.78, 5) is 13.8. The van der Waals surface area contributed by atoms with Crippen molar-refractivity contribution in [2.75, 3.05) is 26.4 Å². The van der Waals surface area contributed by atoms with Crippen molar-refractivity contribution in [1.29, 1.82) is 0 Å². The van der Waals surface area contributed by atoms with Crippen molar-refractivity contribution < 1.29 is 62.4 Å². The Hall–Kier alpha value is -1.23. The lowest BCUT2D eigenvalue weighted by molar-refractivity contribution is -0.349. The number of hydrogen-bond donors (Lipinski definition) is 2. The van der Waals surface area contributed by atoms with Gasteiger partial charge in [0.05, 0.1) is 80.2 Å². The van der Waals surface area contributed by atoms with E-state index in [0.29, 0.717) is 71.2 Å². The number of carbonyl (C=O) groups excluding carboxylic acids is 1. The Bertz CT molecular complexity index is 1200. The van der Waals surface area contributed by atoms with Crippen molar-refractivity contribution in [3.05, 3.63) is 12.2 Å². The van der Waals surface area contributed by atoms with Crippen LogP contribution in [0.2, 0.25) is 0 Å². The van der Waals surface area contributed by atoms with Crippen LogP contribution in [-0.2, 0) is 52.2 Å². The fourth-order valence-corrected chi connectivity index (χ4v) is 9.29.